The number of thioether (sulfide) groups is 1. The van der Waals surface area contributed by atoms with E-state index in [-0.39, 0.29) is 0 Å². The van der Waals surface area contributed by atoms with Crippen molar-refractivity contribution in [3.63, 3.8) is 0 Å². The Bertz CT molecular complexity index is 312. The molecule has 0 saturated carbocycles. The molecule has 0 fully saturated rings. The fourth-order valence-electron chi connectivity index (χ4n) is 1.49. The molecule has 0 rings (SSSR count). The fourth-order valence-corrected chi connectivity index (χ4v) is 2.92. The quantitative estimate of drug-likeness (QED) is 0.352. The van der Waals surface area contributed by atoms with E-state index in [0.29, 0.717) is 5.75 Å². The normalized spacial score (nSPS) is 15.8. The summed E-state index contributed by atoms with van der Waals surface area (Å²) in [7, 11) is -4.63. The highest BCUT2D eigenvalue weighted by atomic mass is 32.2. The number of carbonyl (C=O) groups is 1. The summed E-state index contributed by atoms with van der Waals surface area (Å²) < 4.78 is 15.3. The smallest absolute Gasteiger partial charge is 0.435 e. The first-order valence-electron chi connectivity index (χ1n) is 6.86. The van der Waals surface area contributed by atoms with E-state index >= 15 is 0 Å². The van der Waals surface area contributed by atoms with Crippen LogP contribution < -0.4 is 0 Å². The molecule has 20 heavy (non-hydrogen) atoms. The number of aliphatic hydroxyl groups is 1. The van der Waals surface area contributed by atoms with Crippen molar-refractivity contribution in [2.24, 2.45) is 0 Å². The van der Waals surface area contributed by atoms with Gasteiger partial charge in [-0.15, -0.1) is 0 Å². The number of unbranched alkanes of at least 4 members (excludes halogenated alkanes) is 5. The largest absolute Gasteiger partial charge is 0.472 e. The summed E-state index contributed by atoms with van der Waals surface area (Å²) in [5, 5.41) is 17.9. The van der Waals surface area contributed by atoms with Crippen LogP contribution >= 0.6 is 19.4 Å². The Morgan fingerprint density at radius 1 is 1.25 bits per heavy atom. The van der Waals surface area contributed by atoms with Gasteiger partial charge in [0.1, 0.15) is 0 Å². The van der Waals surface area contributed by atoms with Gasteiger partial charge in [0.25, 0.3) is 0 Å². The first kappa shape index (κ1) is 19.9. The number of carboxylic acid groups (broad SMARTS) is 1. The first-order chi connectivity index (χ1) is 9.40. The van der Waals surface area contributed by atoms with Gasteiger partial charge in [-0.05, 0) is 12.2 Å². The van der Waals surface area contributed by atoms with Crippen molar-refractivity contribution < 1.29 is 29.0 Å². The van der Waals surface area contributed by atoms with Crippen LogP contribution in [0.15, 0.2) is 0 Å². The molecule has 0 radical (unpaired) electrons. The molecule has 0 amide bonds. The summed E-state index contributed by atoms with van der Waals surface area (Å²) in [5.74, 6) is 1.29. The van der Waals surface area contributed by atoms with Crippen LogP contribution in [-0.4, -0.2) is 45.0 Å². The lowest BCUT2D eigenvalue weighted by Crippen LogP contribution is -2.18. The Morgan fingerprint density at radius 3 is 2.45 bits per heavy atom. The molecule has 0 aromatic rings. The van der Waals surface area contributed by atoms with Crippen LogP contribution in [0, 0.1) is 0 Å². The summed E-state index contributed by atoms with van der Waals surface area (Å²) in [5.41, 5.74) is -1.90. The lowest BCUT2D eigenvalue weighted by Gasteiger charge is -2.12. The lowest BCUT2D eigenvalue weighted by atomic mass is 10.1. The molecule has 3 N–H and O–H groups in total. The second-order valence-electron chi connectivity index (χ2n) is 4.60. The van der Waals surface area contributed by atoms with Crippen molar-refractivity contribution >= 4 is 25.1 Å². The zero-order chi connectivity index (χ0) is 15.4. The van der Waals surface area contributed by atoms with E-state index in [1.807, 2.05) is 0 Å². The maximum Gasteiger partial charge on any atom is 0.435 e. The third-order valence-electron chi connectivity index (χ3n) is 2.64. The van der Waals surface area contributed by atoms with Crippen molar-refractivity contribution in [2.75, 3.05) is 18.1 Å². The molecular weight excluding hydrogens is 303 g/mol. The fraction of sp³-hybridized carbons (Fsp3) is 0.917. The van der Waals surface area contributed by atoms with Gasteiger partial charge in [0, 0.05) is 5.75 Å². The molecule has 2 atom stereocenters. The van der Waals surface area contributed by atoms with Crippen LogP contribution in [0.1, 0.15) is 45.4 Å². The molecule has 0 aliphatic heterocycles. The van der Waals surface area contributed by atoms with Gasteiger partial charge < -0.3 is 15.1 Å². The third-order valence-corrected chi connectivity index (χ3v) is 4.82. The summed E-state index contributed by atoms with van der Waals surface area (Å²) in [6.45, 7) is 1.73. The van der Waals surface area contributed by atoms with Gasteiger partial charge >= 0.3 is 13.3 Å². The average Bonchev–Trinajstić information content (AvgIpc) is 2.39. The number of rotatable bonds is 13. The van der Waals surface area contributed by atoms with Gasteiger partial charge in [-0.25, -0.2) is 9.36 Å². The van der Waals surface area contributed by atoms with Crippen molar-refractivity contribution in [3.05, 3.63) is 0 Å². The summed E-state index contributed by atoms with van der Waals surface area (Å²) >= 11 is 1.54. The second kappa shape index (κ2) is 11.6. The van der Waals surface area contributed by atoms with Crippen molar-refractivity contribution in [1.82, 2.24) is 0 Å². The maximum atomic E-state index is 10.9. The van der Waals surface area contributed by atoms with Gasteiger partial charge in [0.2, 0.25) is 0 Å². The van der Waals surface area contributed by atoms with Gasteiger partial charge in [0.15, 0.2) is 0 Å². The lowest BCUT2D eigenvalue weighted by molar-refractivity contribution is 0.115. The Labute approximate surface area is 124 Å². The van der Waals surface area contributed by atoms with Crippen LogP contribution in [0.4, 0.5) is 4.79 Å². The Morgan fingerprint density at radius 2 is 1.85 bits per heavy atom. The molecule has 8 heteroatoms. The van der Waals surface area contributed by atoms with Crippen LogP contribution in [0.3, 0.4) is 0 Å². The van der Waals surface area contributed by atoms with Crippen molar-refractivity contribution in [3.8, 4) is 0 Å². The van der Waals surface area contributed by atoms with E-state index in [0.717, 1.165) is 12.2 Å². The number of aliphatic hydroxyl groups excluding tert-OH is 1. The molecule has 120 valence electrons. The van der Waals surface area contributed by atoms with Gasteiger partial charge in [-0.3, -0.25) is 4.52 Å². The topological polar surface area (TPSA) is 104 Å². The summed E-state index contributed by atoms with van der Waals surface area (Å²) in [6, 6.07) is 0. The highest BCUT2D eigenvalue weighted by molar-refractivity contribution is 7.99. The predicted molar refractivity (Wildman–Crippen MR) is 80.5 cm³/mol. The molecule has 0 aromatic heterocycles. The van der Waals surface area contributed by atoms with Crippen molar-refractivity contribution in [2.45, 2.75) is 51.6 Å². The number of hydrogen-bond acceptors (Lipinski definition) is 5. The molecular formula is C12H25O6PS. The molecule has 0 aliphatic carbocycles. The van der Waals surface area contributed by atoms with E-state index in [1.54, 1.807) is 0 Å². The van der Waals surface area contributed by atoms with E-state index in [1.165, 1.54) is 43.9 Å². The minimum Gasteiger partial charge on any atom is -0.472 e. The Hall–Kier alpha value is -0.0700. The molecule has 0 aliphatic rings. The zero-order valence-electron chi connectivity index (χ0n) is 11.9. The first-order valence-corrected chi connectivity index (χ1v) is 9.60. The highest BCUT2D eigenvalue weighted by Gasteiger charge is 2.30. The molecule has 0 heterocycles. The molecule has 1 unspecified atom stereocenters. The minimum absolute atomic E-state index is 0.370. The number of hydrogen-bond donors (Lipinski definition) is 3. The standard InChI is InChI=1S/C12H25O6PS/c1-2-3-4-5-6-7-8-20-10-11(13)9-18-19(16,17)12(14)15/h11,13H,2-10H2,1H3,(H,14,15)(H,16,17)/t11-/m1/s1. The van der Waals surface area contributed by atoms with Crippen LogP contribution in [0.5, 0.6) is 0 Å². The molecule has 0 bridgehead atoms. The van der Waals surface area contributed by atoms with Crippen molar-refractivity contribution in [1.29, 1.82) is 0 Å². The van der Waals surface area contributed by atoms with E-state index < -0.39 is 26.0 Å². The molecule has 0 spiro atoms. The highest BCUT2D eigenvalue weighted by Crippen LogP contribution is 2.42. The van der Waals surface area contributed by atoms with Crippen LogP contribution in [-0.2, 0) is 9.09 Å². The SMILES string of the molecule is CCCCCCCCSC[C@H](O)COP(=O)(O)C(=O)O. The van der Waals surface area contributed by atoms with Crippen LogP contribution in [0.25, 0.3) is 0 Å². The average molecular weight is 328 g/mol. The van der Waals surface area contributed by atoms with E-state index in [4.69, 9.17) is 10.00 Å². The molecule has 6 nitrogen and oxygen atoms in total. The van der Waals surface area contributed by atoms with E-state index in [9.17, 15) is 14.5 Å². The van der Waals surface area contributed by atoms with Crippen LogP contribution in [0.2, 0.25) is 0 Å². The zero-order valence-corrected chi connectivity index (χ0v) is 13.6. The monoisotopic (exact) mass is 328 g/mol. The van der Waals surface area contributed by atoms with E-state index in [2.05, 4.69) is 11.4 Å². The maximum absolute atomic E-state index is 10.9. The molecule has 0 aromatic carbocycles. The molecule has 0 saturated heterocycles. The third kappa shape index (κ3) is 10.7. The second-order valence-corrected chi connectivity index (χ2v) is 7.43. The minimum atomic E-state index is -4.63. The Kier molecular flexibility index (Phi) is 11.5. The predicted octanol–water partition coefficient (Wildman–Crippen LogP) is 3.32. The summed E-state index contributed by atoms with van der Waals surface area (Å²) in [4.78, 5) is 19.2. The van der Waals surface area contributed by atoms with Gasteiger partial charge in [-0.2, -0.15) is 11.8 Å². The Balaban J connectivity index is 3.48. The summed E-state index contributed by atoms with van der Waals surface area (Å²) in [6.07, 6.45) is 6.31. The van der Waals surface area contributed by atoms with Gasteiger partial charge in [-0.1, -0.05) is 39.0 Å². The van der Waals surface area contributed by atoms with Gasteiger partial charge in [0.05, 0.1) is 12.7 Å².